The SMILES string of the molecule is N#Cc1cccc(N2CCN(c3ccnc(N4CCCC4)n3)CC2)c1. The second-order valence-electron chi connectivity index (χ2n) is 6.55. The minimum atomic E-state index is 0.714. The maximum Gasteiger partial charge on any atom is 0.227 e. The fourth-order valence-corrected chi connectivity index (χ4v) is 3.55. The second-order valence-corrected chi connectivity index (χ2v) is 6.55. The molecular weight excluding hydrogens is 312 g/mol. The molecule has 1 aromatic carbocycles. The highest BCUT2D eigenvalue weighted by atomic mass is 15.3. The first-order valence-electron chi connectivity index (χ1n) is 8.91. The molecule has 2 saturated heterocycles. The van der Waals surface area contributed by atoms with E-state index < -0.39 is 0 Å². The van der Waals surface area contributed by atoms with Gasteiger partial charge in [-0.3, -0.25) is 0 Å². The van der Waals surface area contributed by atoms with Crippen molar-refractivity contribution in [2.24, 2.45) is 0 Å². The number of hydrogen-bond donors (Lipinski definition) is 0. The maximum absolute atomic E-state index is 9.07. The average Bonchev–Trinajstić information content (AvgIpc) is 3.23. The molecule has 6 heteroatoms. The van der Waals surface area contributed by atoms with Crippen molar-refractivity contribution >= 4 is 17.5 Å². The molecule has 0 spiro atoms. The standard InChI is InChI=1S/C19H22N6/c20-15-16-4-3-5-17(14-16)23-10-12-24(13-11-23)18-6-7-21-19(22-18)25-8-1-2-9-25/h3-7,14H,1-2,8-13H2. The minimum absolute atomic E-state index is 0.714. The normalized spacial score (nSPS) is 17.6. The zero-order valence-electron chi connectivity index (χ0n) is 14.3. The first-order chi connectivity index (χ1) is 12.3. The van der Waals surface area contributed by atoms with Crippen LogP contribution in [0.5, 0.6) is 0 Å². The van der Waals surface area contributed by atoms with E-state index in [0.29, 0.717) is 5.56 Å². The number of benzene rings is 1. The molecule has 0 saturated carbocycles. The van der Waals surface area contributed by atoms with E-state index in [2.05, 4.69) is 31.8 Å². The smallest absolute Gasteiger partial charge is 0.227 e. The summed E-state index contributed by atoms with van der Waals surface area (Å²) in [6, 6.07) is 12.1. The Labute approximate surface area is 148 Å². The highest BCUT2D eigenvalue weighted by Crippen LogP contribution is 2.22. The molecule has 0 unspecified atom stereocenters. The van der Waals surface area contributed by atoms with Crippen LogP contribution in [0.25, 0.3) is 0 Å². The van der Waals surface area contributed by atoms with Gasteiger partial charge in [-0.1, -0.05) is 6.07 Å². The van der Waals surface area contributed by atoms with E-state index in [1.807, 2.05) is 30.5 Å². The van der Waals surface area contributed by atoms with Crippen molar-refractivity contribution in [1.82, 2.24) is 9.97 Å². The summed E-state index contributed by atoms with van der Waals surface area (Å²) in [5, 5.41) is 9.07. The Kier molecular flexibility index (Phi) is 4.38. The van der Waals surface area contributed by atoms with Crippen molar-refractivity contribution in [2.75, 3.05) is 54.0 Å². The van der Waals surface area contributed by atoms with Gasteiger partial charge in [0.25, 0.3) is 0 Å². The van der Waals surface area contributed by atoms with Crippen molar-refractivity contribution in [3.63, 3.8) is 0 Å². The van der Waals surface area contributed by atoms with Gasteiger partial charge in [-0.15, -0.1) is 0 Å². The van der Waals surface area contributed by atoms with Crippen molar-refractivity contribution in [2.45, 2.75) is 12.8 Å². The fourth-order valence-electron chi connectivity index (χ4n) is 3.55. The Morgan fingerprint density at radius 1 is 0.880 bits per heavy atom. The molecule has 1 aromatic heterocycles. The van der Waals surface area contributed by atoms with Gasteiger partial charge in [0.1, 0.15) is 5.82 Å². The highest BCUT2D eigenvalue weighted by molar-refractivity contribution is 5.53. The predicted octanol–water partition coefficient (Wildman–Crippen LogP) is 2.28. The molecule has 0 N–H and O–H groups in total. The maximum atomic E-state index is 9.07. The molecule has 2 aliphatic rings. The van der Waals surface area contributed by atoms with Crippen LogP contribution in [-0.2, 0) is 0 Å². The Balaban J connectivity index is 1.43. The molecule has 2 fully saturated rings. The molecule has 2 aromatic rings. The van der Waals surface area contributed by atoms with E-state index in [1.165, 1.54) is 12.8 Å². The minimum Gasteiger partial charge on any atom is -0.368 e. The first kappa shape index (κ1) is 15.7. The number of aromatic nitrogens is 2. The van der Waals surface area contributed by atoms with Crippen molar-refractivity contribution in [3.8, 4) is 6.07 Å². The Morgan fingerprint density at radius 2 is 1.64 bits per heavy atom. The molecule has 25 heavy (non-hydrogen) atoms. The molecule has 3 heterocycles. The second kappa shape index (κ2) is 6.98. The van der Waals surface area contributed by atoms with Crippen LogP contribution >= 0.6 is 0 Å². The van der Waals surface area contributed by atoms with Crippen LogP contribution < -0.4 is 14.7 Å². The van der Waals surface area contributed by atoms with Crippen molar-refractivity contribution < 1.29 is 0 Å². The van der Waals surface area contributed by atoms with Gasteiger partial charge < -0.3 is 14.7 Å². The van der Waals surface area contributed by atoms with Gasteiger partial charge in [-0.05, 0) is 37.1 Å². The molecule has 0 radical (unpaired) electrons. The van der Waals surface area contributed by atoms with Gasteiger partial charge in [0.15, 0.2) is 0 Å². The summed E-state index contributed by atoms with van der Waals surface area (Å²) >= 11 is 0. The summed E-state index contributed by atoms with van der Waals surface area (Å²) in [5.74, 6) is 1.88. The van der Waals surface area contributed by atoms with Crippen LogP contribution in [0.3, 0.4) is 0 Å². The number of nitriles is 1. The zero-order chi connectivity index (χ0) is 17.1. The number of rotatable bonds is 3. The number of hydrogen-bond acceptors (Lipinski definition) is 6. The van der Waals surface area contributed by atoms with E-state index in [4.69, 9.17) is 10.2 Å². The van der Waals surface area contributed by atoms with Crippen LogP contribution in [0, 0.1) is 11.3 Å². The van der Waals surface area contributed by atoms with Gasteiger partial charge in [0.2, 0.25) is 5.95 Å². The first-order valence-corrected chi connectivity index (χ1v) is 8.91. The Hall–Kier alpha value is -2.81. The fraction of sp³-hybridized carbons (Fsp3) is 0.421. The van der Waals surface area contributed by atoms with Gasteiger partial charge in [0, 0.05) is 51.2 Å². The molecular formula is C19H22N6. The van der Waals surface area contributed by atoms with Gasteiger partial charge in [-0.2, -0.15) is 10.2 Å². The number of anilines is 3. The van der Waals surface area contributed by atoms with Crippen LogP contribution in [-0.4, -0.2) is 49.2 Å². The third kappa shape index (κ3) is 3.36. The summed E-state index contributed by atoms with van der Waals surface area (Å²) < 4.78 is 0. The summed E-state index contributed by atoms with van der Waals surface area (Å²) in [6.45, 7) is 5.83. The summed E-state index contributed by atoms with van der Waals surface area (Å²) in [4.78, 5) is 16.2. The van der Waals surface area contributed by atoms with E-state index in [0.717, 1.165) is 56.7 Å². The lowest BCUT2D eigenvalue weighted by Crippen LogP contribution is -2.47. The topological polar surface area (TPSA) is 59.3 Å². The molecule has 128 valence electrons. The van der Waals surface area contributed by atoms with E-state index >= 15 is 0 Å². The Morgan fingerprint density at radius 3 is 2.40 bits per heavy atom. The monoisotopic (exact) mass is 334 g/mol. The average molecular weight is 334 g/mol. The van der Waals surface area contributed by atoms with Gasteiger partial charge in [0.05, 0.1) is 11.6 Å². The van der Waals surface area contributed by atoms with Crippen LogP contribution in [0.2, 0.25) is 0 Å². The van der Waals surface area contributed by atoms with Crippen LogP contribution in [0.15, 0.2) is 36.5 Å². The van der Waals surface area contributed by atoms with E-state index in [-0.39, 0.29) is 0 Å². The summed E-state index contributed by atoms with van der Waals surface area (Å²) in [6.07, 6.45) is 4.33. The molecule has 0 atom stereocenters. The predicted molar refractivity (Wildman–Crippen MR) is 99.1 cm³/mol. The molecule has 0 aliphatic carbocycles. The number of piperazine rings is 1. The Bertz CT molecular complexity index is 769. The number of nitrogens with zero attached hydrogens (tertiary/aromatic N) is 6. The molecule has 6 nitrogen and oxygen atoms in total. The lowest BCUT2D eigenvalue weighted by atomic mass is 10.2. The highest BCUT2D eigenvalue weighted by Gasteiger charge is 2.20. The van der Waals surface area contributed by atoms with Crippen LogP contribution in [0.1, 0.15) is 18.4 Å². The van der Waals surface area contributed by atoms with E-state index in [1.54, 1.807) is 0 Å². The molecule has 0 amide bonds. The molecule has 4 rings (SSSR count). The third-order valence-electron chi connectivity index (χ3n) is 4.96. The quantitative estimate of drug-likeness (QED) is 0.858. The van der Waals surface area contributed by atoms with Crippen molar-refractivity contribution in [3.05, 3.63) is 42.1 Å². The summed E-state index contributed by atoms with van der Waals surface area (Å²) in [7, 11) is 0. The third-order valence-corrected chi connectivity index (χ3v) is 4.96. The lowest BCUT2D eigenvalue weighted by Gasteiger charge is -2.37. The molecule has 2 aliphatic heterocycles. The largest absolute Gasteiger partial charge is 0.368 e. The van der Waals surface area contributed by atoms with Crippen LogP contribution in [0.4, 0.5) is 17.5 Å². The zero-order valence-corrected chi connectivity index (χ0v) is 14.3. The summed E-state index contributed by atoms with van der Waals surface area (Å²) in [5.41, 5.74) is 1.84. The van der Waals surface area contributed by atoms with Gasteiger partial charge in [-0.25, -0.2) is 4.98 Å². The van der Waals surface area contributed by atoms with E-state index in [9.17, 15) is 0 Å². The van der Waals surface area contributed by atoms with Gasteiger partial charge >= 0.3 is 0 Å². The lowest BCUT2D eigenvalue weighted by molar-refractivity contribution is 0.646. The molecule has 0 bridgehead atoms. The van der Waals surface area contributed by atoms with Crippen molar-refractivity contribution in [1.29, 1.82) is 5.26 Å².